The fourth-order valence-electron chi connectivity index (χ4n) is 2.92. The predicted molar refractivity (Wildman–Crippen MR) is 112 cm³/mol. The number of halogens is 3. The number of amides is 1. The van der Waals surface area contributed by atoms with E-state index < -0.39 is 6.36 Å². The number of aromatic nitrogens is 1. The first-order valence-corrected chi connectivity index (χ1v) is 10.1. The molecule has 1 amide bonds. The lowest BCUT2D eigenvalue weighted by molar-refractivity contribution is -0.274. The Labute approximate surface area is 176 Å². The second-order valence-electron chi connectivity index (χ2n) is 7.19. The van der Waals surface area contributed by atoms with Crippen molar-refractivity contribution in [2.45, 2.75) is 19.7 Å². The van der Waals surface area contributed by atoms with Gasteiger partial charge in [-0.1, -0.05) is 41.2 Å². The van der Waals surface area contributed by atoms with Crippen molar-refractivity contribution in [2.24, 2.45) is 0 Å². The first-order valence-electron chi connectivity index (χ1n) is 9.28. The minimum atomic E-state index is -4.76. The number of nitrogens with zero attached hydrogens (tertiary/aromatic N) is 3. The Morgan fingerprint density at radius 3 is 2.57 bits per heavy atom. The van der Waals surface area contributed by atoms with Gasteiger partial charge in [-0.3, -0.25) is 9.69 Å². The number of carbonyl (C=O) groups is 1. The molecule has 3 rings (SSSR count). The second-order valence-corrected chi connectivity index (χ2v) is 8.20. The van der Waals surface area contributed by atoms with Crippen molar-refractivity contribution >= 4 is 32.6 Å². The van der Waals surface area contributed by atoms with Crippen LogP contribution in [0.5, 0.6) is 5.75 Å². The van der Waals surface area contributed by atoms with Gasteiger partial charge in [-0.05, 0) is 38.7 Å². The molecule has 0 saturated heterocycles. The summed E-state index contributed by atoms with van der Waals surface area (Å²) in [6.07, 6.45) is -4.55. The Bertz CT molecular complexity index is 1030. The summed E-state index contributed by atoms with van der Waals surface area (Å²) in [5.41, 5.74) is 2.48. The zero-order chi connectivity index (χ0) is 21.9. The Morgan fingerprint density at radius 1 is 1.13 bits per heavy atom. The summed E-state index contributed by atoms with van der Waals surface area (Å²) in [6, 6.07) is 11.7. The minimum Gasteiger partial charge on any atom is -0.406 e. The topological polar surface area (TPSA) is 45.7 Å². The van der Waals surface area contributed by atoms with Crippen LogP contribution in [0.15, 0.2) is 42.5 Å². The first kappa shape index (κ1) is 22.0. The lowest BCUT2D eigenvalue weighted by Gasteiger charge is -2.22. The van der Waals surface area contributed by atoms with Crippen molar-refractivity contribution in [2.75, 3.05) is 32.1 Å². The maximum absolute atomic E-state index is 13.1. The number of rotatable bonds is 7. The fraction of sp³-hybridized carbons (Fsp3) is 0.333. The molecule has 30 heavy (non-hydrogen) atoms. The van der Waals surface area contributed by atoms with Crippen molar-refractivity contribution in [3.63, 3.8) is 0 Å². The molecule has 0 aliphatic rings. The standard InChI is InChI=1S/C21H22F3N3O2S/c1-14-5-4-6-15(11-14)12-19(28)27(10-9-26(2)3)20-25-17-8-7-16(13-18(17)30-20)29-21(22,23)24/h4-8,11,13H,9-10,12H2,1-3H3. The number of hydrogen-bond donors (Lipinski definition) is 0. The van der Waals surface area contributed by atoms with Gasteiger partial charge in [0.2, 0.25) is 5.91 Å². The lowest BCUT2D eigenvalue weighted by atomic mass is 10.1. The molecule has 9 heteroatoms. The summed E-state index contributed by atoms with van der Waals surface area (Å²) >= 11 is 1.17. The van der Waals surface area contributed by atoms with Gasteiger partial charge in [0, 0.05) is 19.2 Å². The number of thiazole rings is 1. The Kier molecular flexibility index (Phi) is 6.62. The molecule has 0 saturated carbocycles. The van der Waals surface area contributed by atoms with Gasteiger partial charge in [0.1, 0.15) is 5.75 Å². The summed E-state index contributed by atoms with van der Waals surface area (Å²) in [5.74, 6) is -0.426. The van der Waals surface area contributed by atoms with Gasteiger partial charge in [0.15, 0.2) is 5.13 Å². The molecular formula is C21H22F3N3O2S. The number of fused-ring (bicyclic) bond motifs is 1. The highest BCUT2D eigenvalue weighted by molar-refractivity contribution is 7.22. The van der Waals surface area contributed by atoms with E-state index in [1.54, 1.807) is 4.90 Å². The number of hydrogen-bond acceptors (Lipinski definition) is 5. The SMILES string of the molecule is Cc1cccc(CC(=O)N(CCN(C)C)c2nc3ccc(OC(F)(F)F)cc3s2)c1. The number of aryl methyl sites for hydroxylation is 1. The van der Waals surface area contributed by atoms with E-state index >= 15 is 0 Å². The molecule has 2 aromatic carbocycles. The molecule has 0 atom stereocenters. The number of anilines is 1. The average Bonchev–Trinajstić information content (AvgIpc) is 3.03. The third-order valence-corrected chi connectivity index (χ3v) is 5.36. The van der Waals surface area contributed by atoms with Gasteiger partial charge in [0.05, 0.1) is 16.6 Å². The molecule has 0 unspecified atom stereocenters. The van der Waals surface area contributed by atoms with E-state index in [9.17, 15) is 18.0 Å². The Hall–Kier alpha value is -2.65. The van der Waals surface area contributed by atoms with Crippen molar-refractivity contribution in [1.82, 2.24) is 9.88 Å². The van der Waals surface area contributed by atoms with Gasteiger partial charge >= 0.3 is 6.36 Å². The van der Waals surface area contributed by atoms with Crippen LogP contribution in [-0.2, 0) is 11.2 Å². The smallest absolute Gasteiger partial charge is 0.406 e. The van der Waals surface area contributed by atoms with E-state index in [0.717, 1.165) is 11.1 Å². The molecule has 5 nitrogen and oxygen atoms in total. The monoisotopic (exact) mass is 437 g/mol. The van der Waals surface area contributed by atoms with E-state index in [0.29, 0.717) is 28.4 Å². The normalized spacial score (nSPS) is 11.8. The molecule has 1 aromatic heterocycles. The molecule has 0 spiro atoms. The summed E-state index contributed by atoms with van der Waals surface area (Å²) in [4.78, 5) is 21.1. The highest BCUT2D eigenvalue weighted by Gasteiger charge is 2.31. The van der Waals surface area contributed by atoms with E-state index in [2.05, 4.69) is 9.72 Å². The molecule has 0 N–H and O–H groups in total. The van der Waals surface area contributed by atoms with Crippen LogP contribution in [0, 0.1) is 6.92 Å². The van der Waals surface area contributed by atoms with Gasteiger partial charge in [-0.15, -0.1) is 13.2 Å². The maximum atomic E-state index is 13.1. The van der Waals surface area contributed by atoms with Crippen LogP contribution in [0.1, 0.15) is 11.1 Å². The van der Waals surface area contributed by atoms with E-state index in [4.69, 9.17) is 0 Å². The van der Waals surface area contributed by atoms with Crippen LogP contribution in [0.4, 0.5) is 18.3 Å². The Morgan fingerprint density at radius 2 is 1.90 bits per heavy atom. The third kappa shape index (κ3) is 5.93. The van der Waals surface area contributed by atoms with Crippen LogP contribution in [-0.4, -0.2) is 49.3 Å². The first-order chi connectivity index (χ1) is 14.1. The van der Waals surface area contributed by atoms with E-state index in [-0.39, 0.29) is 18.1 Å². The van der Waals surface area contributed by atoms with Crippen LogP contribution in [0.25, 0.3) is 10.2 Å². The van der Waals surface area contributed by atoms with Crippen LogP contribution < -0.4 is 9.64 Å². The maximum Gasteiger partial charge on any atom is 0.573 e. The third-order valence-electron chi connectivity index (χ3n) is 4.32. The summed E-state index contributed by atoms with van der Waals surface area (Å²) in [6.45, 7) is 3.01. The van der Waals surface area contributed by atoms with Gasteiger partial charge < -0.3 is 9.64 Å². The lowest BCUT2D eigenvalue weighted by Crippen LogP contribution is -2.37. The molecule has 1 heterocycles. The number of carbonyl (C=O) groups excluding carboxylic acids is 1. The van der Waals surface area contributed by atoms with E-state index in [1.165, 1.54) is 29.5 Å². The van der Waals surface area contributed by atoms with Crippen molar-refractivity contribution in [3.8, 4) is 5.75 Å². The molecule has 3 aromatic rings. The molecule has 0 fully saturated rings. The van der Waals surface area contributed by atoms with Crippen molar-refractivity contribution in [1.29, 1.82) is 0 Å². The predicted octanol–water partition coefficient (Wildman–Crippen LogP) is 4.64. The van der Waals surface area contributed by atoms with Crippen LogP contribution in [0.3, 0.4) is 0 Å². The average molecular weight is 437 g/mol. The van der Waals surface area contributed by atoms with E-state index in [1.807, 2.05) is 50.2 Å². The molecule has 160 valence electrons. The second kappa shape index (κ2) is 9.01. The van der Waals surface area contributed by atoms with Gasteiger partial charge in [-0.2, -0.15) is 0 Å². The van der Waals surface area contributed by atoms with Crippen LogP contribution >= 0.6 is 11.3 Å². The van der Waals surface area contributed by atoms with Gasteiger partial charge in [0.25, 0.3) is 0 Å². The number of ether oxygens (including phenoxy) is 1. The Balaban J connectivity index is 1.88. The fourth-order valence-corrected chi connectivity index (χ4v) is 3.96. The molecule has 0 aliphatic heterocycles. The zero-order valence-electron chi connectivity index (χ0n) is 16.9. The highest BCUT2D eigenvalue weighted by atomic mass is 32.1. The number of alkyl halides is 3. The highest BCUT2D eigenvalue weighted by Crippen LogP contribution is 2.33. The minimum absolute atomic E-state index is 0.117. The van der Waals surface area contributed by atoms with Crippen molar-refractivity contribution < 1.29 is 22.7 Å². The van der Waals surface area contributed by atoms with Crippen LogP contribution in [0.2, 0.25) is 0 Å². The number of benzene rings is 2. The van der Waals surface area contributed by atoms with Crippen molar-refractivity contribution in [3.05, 3.63) is 53.6 Å². The van der Waals surface area contributed by atoms with Gasteiger partial charge in [-0.25, -0.2) is 4.98 Å². The summed E-state index contributed by atoms with van der Waals surface area (Å²) in [7, 11) is 3.81. The summed E-state index contributed by atoms with van der Waals surface area (Å²) in [5, 5.41) is 0.452. The zero-order valence-corrected chi connectivity index (χ0v) is 17.7. The largest absolute Gasteiger partial charge is 0.573 e. The number of likely N-dealkylation sites (N-methyl/N-ethyl adjacent to an activating group) is 1. The molecule has 0 aliphatic carbocycles. The summed E-state index contributed by atoms with van der Waals surface area (Å²) < 4.78 is 42.0. The molecule has 0 radical (unpaired) electrons. The molecular weight excluding hydrogens is 415 g/mol. The quantitative estimate of drug-likeness (QED) is 0.540. The molecule has 0 bridgehead atoms.